The van der Waals surface area contributed by atoms with Crippen LogP contribution < -0.4 is 4.90 Å². The zero-order valence-corrected chi connectivity index (χ0v) is 21.3. The van der Waals surface area contributed by atoms with Gasteiger partial charge in [-0.2, -0.15) is 5.26 Å². The summed E-state index contributed by atoms with van der Waals surface area (Å²) in [5.41, 5.74) is 1.72. The second-order valence-electron chi connectivity index (χ2n) is 11.3. The van der Waals surface area contributed by atoms with E-state index in [1.165, 1.54) is 6.07 Å². The Morgan fingerprint density at radius 1 is 1.11 bits per heavy atom. The number of anilines is 1. The lowest BCUT2D eigenvalue weighted by Crippen LogP contribution is -2.62. The summed E-state index contributed by atoms with van der Waals surface area (Å²) in [7, 11) is 0. The lowest BCUT2D eigenvalue weighted by atomic mass is 9.57. The molecule has 0 atom stereocenters. The second-order valence-corrected chi connectivity index (χ2v) is 11.8. The fourth-order valence-corrected chi connectivity index (χ4v) is 6.63. The van der Waals surface area contributed by atoms with Crippen molar-refractivity contribution in [1.29, 1.82) is 5.26 Å². The van der Waals surface area contributed by atoms with Gasteiger partial charge >= 0.3 is 0 Å². The number of halogens is 4. The van der Waals surface area contributed by atoms with Gasteiger partial charge in [-0.3, -0.25) is 9.47 Å². The molecule has 4 heterocycles. The SMILES string of the molecule is N#Cc1nc(N2CC3(CC(c4nnc5n4-c4ccc(Cl)cc4CN(CC(F)(F)C4CC4)C5)C3)C2)ccc1F. The van der Waals surface area contributed by atoms with E-state index in [9.17, 15) is 13.2 Å². The van der Waals surface area contributed by atoms with Crippen molar-refractivity contribution in [2.45, 2.75) is 50.6 Å². The van der Waals surface area contributed by atoms with Crippen LogP contribution in [0.25, 0.3) is 5.69 Å². The molecule has 2 aliphatic heterocycles. The highest BCUT2D eigenvalue weighted by molar-refractivity contribution is 6.30. The molecule has 196 valence electrons. The number of nitrogens with zero attached hydrogens (tertiary/aromatic N) is 7. The molecule has 2 aromatic heterocycles. The summed E-state index contributed by atoms with van der Waals surface area (Å²) in [4.78, 5) is 7.98. The Bertz CT molecular complexity index is 1460. The number of fused-ring (bicyclic) bond motifs is 3. The monoisotopic (exact) mass is 539 g/mol. The van der Waals surface area contributed by atoms with Crippen molar-refractivity contribution < 1.29 is 13.2 Å². The van der Waals surface area contributed by atoms with E-state index in [4.69, 9.17) is 16.9 Å². The van der Waals surface area contributed by atoms with Gasteiger partial charge in [0.1, 0.15) is 17.7 Å². The highest BCUT2D eigenvalue weighted by atomic mass is 35.5. The maximum atomic E-state index is 14.7. The molecule has 7 nitrogen and oxygen atoms in total. The number of hydrogen-bond acceptors (Lipinski definition) is 6. The first-order valence-electron chi connectivity index (χ1n) is 12.9. The van der Waals surface area contributed by atoms with Crippen molar-refractivity contribution in [3.05, 3.63) is 64.1 Å². The molecule has 1 saturated heterocycles. The fourth-order valence-electron chi connectivity index (χ4n) is 6.44. The third-order valence-electron chi connectivity index (χ3n) is 8.44. The van der Waals surface area contributed by atoms with Crippen molar-refractivity contribution >= 4 is 17.4 Å². The third-order valence-corrected chi connectivity index (χ3v) is 8.68. The summed E-state index contributed by atoms with van der Waals surface area (Å²) in [6, 6.07) is 10.3. The van der Waals surface area contributed by atoms with E-state index < -0.39 is 17.7 Å². The third kappa shape index (κ3) is 3.95. The van der Waals surface area contributed by atoms with Crippen LogP contribution in [0, 0.1) is 28.5 Å². The smallest absolute Gasteiger partial charge is 0.263 e. The molecule has 11 heteroatoms. The minimum Gasteiger partial charge on any atom is -0.355 e. The highest BCUT2D eigenvalue weighted by Gasteiger charge is 2.54. The van der Waals surface area contributed by atoms with Crippen molar-refractivity contribution in [2.24, 2.45) is 11.3 Å². The lowest BCUT2D eigenvalue weighted by molar-refractivity contribution is -0.0558. The molecular formula is C27H25ClF3N7. The minimum atomic E-state index is -2.72. The van der Waals surface area contributed by atoms with Crippen LogP contribution in [0.5, 0.6) is 0 Å². The van der Waals surface area contributed by atoms with E-state index in [1.807, 2.05) is 18.2 Å². The molecular weight excluding hydrogens is 515 g/mol. The van der Waals surface area contributed by atoms with Crippen LogP contribution >= 0.6 is 11.6 Å². The van der Waals surface area contributed by atoms with E-state index >= 15 is 0 Å². The van der Waals surface area contributed by atoms with Gasteiger partial charge in [-0.1, -0.05) is 11.6 Å². The molecule has 0 bridgehead atoms. The fraction of sp³-hybridized carbons (Fsp3) is 0.481. The van der Waals surface area contributed by atoms with Crippen molar-refractivity contribution in [1.82, 2.24) is 24.6 Å². The van der Waals surface area contributed by atoms with E-state index in [0.717, 1.165) is 43.0 Å². The van der Waals surface area contributed by atoms with Crippen LogP contribution in [-0.4, -0.2) is 50.2 Å². The minimum absolute atomic E-state index is 0.117. The van der Waals surface area contributed by atoms with E-state index in [2.05, 4.69) is 24.6 Å². The van der Waals surface area contributed by atoms with Crippen LogP contribution in [0.2, 0.25) is 5.02 Å². The number of alkyl halides is 2. The molecule has 3 fully saturated rings. The molecule has 7 rings (SSSR count). The zero-order valence-electron chi connectivity index (χ0n) is 20.5. The summed E-state index contributed by atoms with van der Waals surface area (Å²) in [5, 5.41) is 18.7. The molecule has 0 unspecified atom stereocenters. The van der Waals surface area contributed by atoms with Crippen LogP contribution in [0.3, 0.4) is 0 Å². The molecule has 0 radical (unpaired) electrons. The summed E-state index contributed by atoms with van der Waals surface area (Å²) in [5.74, 6) is -1.53. The van der Waals surface area contributed by atoms with Crippen molar-refractivity contribution in [2.75, 3.05) is 24.5 Å². The van der Waals surface area contributed by atoms with E-state index in [0.29, 0.717) is 42.6 Å². The summed E-state index contributed by atoms with van der Waals surface area (Å²) in [6.07, 6.45) is 3.00. The van der Waals surface area contributed by atoms with Crippen molar-refractivity contribution in [3.63, 3.8) is 0 Å². The van der Waals surface area contributed by atoms with Gasteiger partial charge in [0, 0.05) is 41.9 Å². The number of aromatic nitrogens is 4. The Morgan fingerprint density at radius 3 is 2.63 bits per heavy atom. The van der Waals surface area contributed by atoms with Gasteiger partial charge in [-0.05, 0) is 61.6 Å². The van der Waals surface area contributed by atoms with Crippen molar-refractivity contribution in [3.8, 4) is 11.8 Å². The molecule has 38 heavy (non-hydrogen) atoms. The van der Waals surface area contributed by atoms with Crippen LogP contribution in [0.15, 0.2) is 30.3 Å². The summed E-state index contributed by atoms with van der Waals surface area (Å²) in [6.45, 7) is 1.93. The summed E-state index contributed by atoms with van der Waals surface area (Å²) < 4.78 is 45.2. The molecule has 0 amide bonds. The summed E-state index contributed by atoms with van der Waals surface area (Å²) >= 11 is 6.31. The van der Waals surface area contributed by atoms with Gasteiger partial charge in [0.05, 0.1) is 18.8 Å². The number of rotatable bonds is 5. The second kappa shape index (κ2) is 8.42. The Morgan fingerprint density at radius 2 is 1.89 bits per heavy atom. The average Bonchev–Trinajstić information content (AvgIpc) is 3.63. The van der Waals surface area contributed by atoms with Gasteiger partial charge in [0.15, 0.2) is 17.3 Å². The van der Waals surface area contributed by atoms with Crippen LogP contribution in [0.4, 0.5) is 19.0 Å². The number of pyridine rings is 1. The molecule has 0 N–H and O–H groups in total. The quantitative estimate of drug-likeness (QED) is 0.451. The normalized spacial score (nSPS) is 20.8. The van der Waals surface area contributed by atoms with E-state index in [-0.39, 0.29) is 23.6 Å². The van der Waals surface area contributed by atoms with Gasteiger partial charge in [0.25, 0.3) is 5.92 Å². The van der Waals surface area contributed by atoms with Crippen LogP contribution in [-0.2, 0) is 13.1 Å². The standard InChI is InChI=1S/C27H25ClF3N7/c28-19-3-5-22-16(7-19)11-36(15-27(30,31)18-1-2-18)12-24-34-35-25(38(22)24)17-8-26(9-17)13-37(14-26)23-6-4-20(29)21(10-32)33-23/h3-7,17-18H,1-2,8-9,11-15H2. The Kier molecular flexibility index (Phi) is 5.30. The van der Waals surface area contributed by atoms with Gasteiger partial charge in [-0.15, -0.1) is 10.2 Å². The maximum Gasteiger partial charge on any atom is 0.263 e. The van der Waals surface area contributed by atoms with Gasteiger partial charge < -0.3 is 4.90 Å². The maximum absolute atomic E-state index is 14.7. The number of hydrogen-bond donors (Lipinski definition) is 0. The Hall–Kier alpha value is -3.16. The highest BCUT2D eigenvalue weighted by Crippen LogP contribution is 2.56. The Balaban J connectivity index is 1.11. The van der Waals surface area contributed by atoms with Gasteiger partial charge in [0.2, 0.25) is 0 Å². The first-order chi connectivity index (χ1) is 18.2. The molecule has 2 aliphatic carbocycles. The zero-order chi connectivity index (χ0) is 26.2. The average molecular weight is 540 g/mol. The molecule has 1 spiro atoms. The molecule has 1 aromatic carbocycles. The van der Waals surface area contributed by atoms with E-state index in [1.54, 1.807) is 17.0 Å². The largest absolute Gasteiger partial charge is 0.355 e. The first kappa shape index (κ1) is 23.9. The molecule has 4 aliphatic rings. The number of benzene rings is 1. The number of nitriles is 1. The Labute approximate surface area is 222 Å². The predicted molar refractivity (Wildman–Crippen MR) is 134 cm³/mol. The first-order valence-corrected chi connectivity index (χ1v) is 13.3. The molecule has 3 aromatic rings. The molecule has 2 saturated carbocycles. The topological polar surface area (TPSA) is 73.9 Å². The van der Waals surface area contributed by atoms with Gasteiger partial charge in [-0.25, -0.2) is 18.2 Å². The lowest BCUT2D eigenvalue weighted by Gasteiger charge is -2.59. The predicted octanol–water partition coefficient (Wildman–Crippen LogP) is 5.07. The van der Waals surface area contributed by atoms with Crippen LogP contribution in [0.1, 0.15) is 54.5 Å².